The molecule has 0 spiro atoms. The fourth-order valence-electron chi connectivity index (χ4n) is 1.89. The fraction of sp³-hybridized carbons (Fsp3) is 0.278. The summed E-state index contributed by atoms with van der Waals surface area (Å²) in [5, 5.41) is 0.522. The van der Waals surface area contributed by atoms with Crippen molar-refractivity contribution in [3.05, 3.63) is 50.6 Å². The largest absolute Gasteiger partial charge is 0.493 e. The summed E-state index contributed by atoms with van der Waals surface area (Å²) in [6.07, 6.45) is 2.74. The van der Waals surface area contributed by atoms with Gasteiger partial charge in [0.15, 0.2) is 11.5 Å². The van der Waals surface area contributed by atoms with E-state index in [9.17, 15) is 0 Å². The first-order chi connectivity index (χ1) is 11.0. The molecule has 0 saturated carbocycles. The smallest absolute Gasteiger partial charge is 0.180 e. The normalized spacial score (nSPS) is 12.4. The van der Waals surface area contributed by atoms with Gasteiger partial charge in [-0.3, -0.25) is 4.99 Å². The van der Waals surface area contributed by atoms with Gasteiger partial charge in [0.2, 0.25) is 0 Å². The van der Waals surface area contributed by atoms with E-state index in [4.69, 9.17) is 21.1 Å². The molecule has 0 aliphatic heterocycles. The van der Waals surface area contributed by atoms with Crippen molar-refractivity contribution in [2.24, 2.45) is 4.99 Å². The van der Waals surface area contributed by atoms with Gasteiger partial charge in [-0.15, -0.1) is 0 Å². The van der Waals surface area contributed by atoms with E-state index in [1.54, 1.807) is 13.3 Å². The van der Waals surface area contributed by atoms with Gasteiger partial charge in [-0.1, -0.05) is 18.5 Å². The zero-order valence-electron chi connectivity index (χ0n) is 13.3. The molecule has 0 amide bonds. The van der Waals surface area contributed by atoms with Gasteiger partial charge >= 0.3 is 0 Å². The Kier molecular flexibility index (Phi) is 6.72. The molecule has 2 aromatic rings. The third-order valence-electron chi connectivity index (χ3n) is 3.34. The van der Waals surface area contributed by atoms with Gasteiger partial charge in [0.25, 0.3) is 0 Å². The highest BCUT2D eigenvalue weighted by atomic mass is 127. The Morgan fingerprint density at radius 3 is 2.57 bits per heavy atom. The number of nitrogens with zero attached hydrogens (tertiary/aromatic N) is 1. The van der Waals surface area contributed by atoms with Crippen molar-refractivity contribution in [3.8, 4) is 11.5 Å². The lowest BCUT2D eigenvalue weighted by Gasteiger charge is -2.17. The molecule has 0 N–H and O–H groups in total. The average Bonchev–Trinajstić information content (AvgIpc) is 2.56. The molecular weight excluding hydrogens is 425 g/mol. The summed E-state index contributed by atoms with van der Waals surface area (Å²) in [5.74, 6) is 1.19. The topological polar surface area (TPSA) is 30.8 Å². The van der Waals surface area contributed by atoms with Crippen LogP contribution in [0, 0.1) is 3.57 Å². The molecule has 0 aliphatic rings. The highest BCUT2D eigenvalue weighted by Gasteiger charge is 2.13. The molecule has 1 atom stereocenters. The molecule has 0 fully saturated rings. The summed E-state index contributed by atoms with van der Waals surface area (Å²) in [7, 11) is 1.61. The first kappa shape index (κ1) is 18.1. The van der Waals surface area contributed by atoms with Crippen molar-refractivity contribution in [2.45, 2.75) is 26.4 Å². The van der Waals surface area contributed by atoms with Gasteiger partial charge in [-0.2, -0.15) is 0 Å². The zero-order valence-corrected chi connectivity index (χ0v) is 16.3. The van der Waals surface area contributed by atoms with Crippen molar-refractivity contribution < 1.29 is 9.47 Å². The lowest BCUT2D eigenvalue weighted by molar-refractivity contribution is 0.208. The molecule has 23 heavy (non-hydrogen) atoms. The van der Waals surface area contributed by atoms with Crippen LogP contribution in [0.2, 0.25) is 5.02 Å². The number of halogens is 2. The third kappa shape index (κ3) is 5.11. The van der Waals surface area contributed by atoms with E-state index in [0.717, 1.165) is 17.7 Å². The van der Waals surface area contributed by atoms with Crippen molar-refractivity contribution in [1.29, 1.82) is 0 Å². The number of aliphatic imine (C=N–C) groups is 1. The van der Waals surface area contributed by atoms with E-state index >= 15 is 0 Å². The third-order valence-corrected chi connectivity index (χ3v) is 4.33. The van der Waals surface area contributed by atoms with Crippen molar-refractivity contribution in [1.82, 2.24) is 0 Å². The summed E-state index contributed by atoms with van der Waals surface area (Å²) in [4.78, 5) is 4.46. The highest BCUT2D eigenvalue weighted by Crippen LogP contribution is 2.37. The van der Waals surface area contributed by atoms with Crippen LogP contribution in [-0.4, -0.2) is 19.4 Å². The van der Waals surface area contributed by atoms with Crippen LogP contribution < -0.4 is 9.47 Å². The number of hydrogen-bond acceptors (Lipinski definition) is 3. The molecule has 0 aromatic heterocycles. The minimum atomic E-state index is 0.0766. The van der Waals surface area contributed by atoms with Crippen LogP contribution in [0.15, 0.2) is 41.4 Å². The lowest BCUT2D eigenvalue weighted by atomic mass is 10.2. The maximum absolute atomic E-state index is 6.35. The molecule has 0 saturated heterocycles. The molecule has 0 heterocycles. The molecule has 0 unspecified atom stereocenters. The first-order valence-corrected chi connectivity index (χ1v) is 8.83. The summed E-state index contributed by atoms with van der Waals surface area (Å²) in [6.45, 7) is 4.06. The summed E-state index contributed by atoms with van der Waals surface area (Å²) in [5.41, 5.74) is 1.75. The van der Waals surface area contributed by atoms with Gasteiger partial charge in [0.1, 0.15) is 0 Å². The minimum absolute atomic E-state index is 0.0766. The highest BCUT2D eigenvalue weighted by molar-refractivity contribution is 14.1. The second kappa shape index (κ2) is 8.55. The van der Waals surface area contributed by atoms with Gasteiger partial charge in [-0.05, 0) is 77.9 Å². The molecule has 0 bridgehead atoms. The molecule has 2 rings (SSSR count). The SMILES string of the molecule is CC[C@H](C)Oc1c(Cl)cc(C=Nc2ccc(I)cc2)cc1OC. The van der Waals surface area contributed by atoms with Crippen LogP contribution in [0.1, 0.15) is 25.8 Å². The first-order valence-electron chi connectivity index (χ1n) is 7.37. The average molecular weight is 444 g/mol. The molecule has 3 nitrogen and oxygen atoms in total. The van der Waals surface area contributed by atoms with E-state index in [1.807, 2.05) is 43.3 Å². The molecule has 122 valence electrons. The Bertz CT molecular complexity index is 686. The predicted molar refractivity (Wildman–Crippen MR) is 105 cm³/mol. The van der Waals surface area contributed by atoms with Gasteiger partial charge in [0, 0.05) is 9.78 Å². The second-order valence-electron chi connectivity index (χ2n) is 5.11. The second-order valence-corrected chi connectivity index (χ2v) is 6.76. The Hall–Kier alpha value is -1.27. The van der Waals surface area contributed by atoms with Crippen LogP contribution >= 0.6 is 34.2 Å². The van der Waals surface area contributed by atoms with Gasteiger partial charge in [0.05, 0.1) is 23.9 Å². The molecule has 5 heteroatoms. The van der Waals surface area contributed by atoms with E-state index < -0.39 is 0 Å². The van der Waals surface area contributed by atoms with Gasteiger partial charge in [-0.25, -0.2) is 0 Å². The molecular formula is C18H19ClINO2. The standard InChI is InChI=1S/C18H19ClINO2/c1-4-12(2)23-18-16(19)9-13(10-17(18)22-3)11-21-15-7-5-14(20)6-8-15/h5-12H,4H2,1-3H3/t12-/m0/s1. The Balaban J connectivity index is 2.26. The summed E-state index contributed by atoms with van der Waals surface area (Å²) < 4.78 is 12.4. The van der Waals surface area contributed by atoms with E-state index in [1.165, 1.54) is 3.57 Å². The summed E-state index contributed by atoms with van der Waals surface area (Å²) in [6, 6.07) is 11.7. The predicted octanol–water partition coefficient (Wildman–Crippen LogP) is 5.88. The number of rotatable bonds is 6. The zero-order chi connectivity index (χ0) is 16.8. The summed E-state index contributed by atoms with van der Waals surface area (Å²) >= 11 is 8.62. The van der Waals surface area contributed by atoms with Gasteiger partial charge < -0.3 is 9.47 Å². The number of hydrogen-bond donors (Lipinski definition) is 0. The molecule has 0 aliphatic carbocycles. The van der Waals surface area contributed by atoms with Crippen molar-refractivity contribution in [2.75, 3.05) is 7.11 Å². The maximum Gasteiger partial charge on any atom is 0.180 e. The van der Waals surface area contributed by atoms with Crippen LogP contribution in [0.25, 0.3) is 0 Å². The number of ether oxygens (including phenoxy) is 2. The van der Waals surface area contributed by atoms with Crippen molar-refractivity contribution >= 4 is 46.1 Å². The van der Waals surface area contributed by atoms with Crippen molar-refractivity contribution in [3.63, 3.8) is 0 Å². The van der Waals surface area contributed by atoms with Crippen LogP contribution in [0.5, 0.6) is 11.5 Å². The Labute approximate surface area is 155 Å². The Morgan fingerprint density at radius 1 is 1.26 bits per heavy atom. The Morgan fingerprint density at radius 2 is 1.96 bits per heavy atom. The molecule has 0 radical (unpaired) electrons. The number of benzene rings is 2. The maximum atomic E-state index is 6.35. The van der Waals surface area contributed by atoms with Crippen LogP contribution in [-0.2, 0) is 0 Å². The van der Waals surface area contributed by atoms with E-state index in [0.29, 0.717) is 16.5 Å². The monoisotopic (exact) mass is 443 g/mol. The van der Waals surface area contributed by atoms with E-state index in [2.05, 4.69) is 34.5 Å². The van der Waals surface area contributed by atoms with E-state index in [-0.39, 0.29) is 6.10 Å². The van der Waals surface area contributed by atoms with Crippen LogP contribution in [0.4, 0.5) is 5.69 Å². The van der Waals surface area contributed by atoms with Crippen LogP contribution in [0.3, 0.4) is 0 Å². The lowest BCUT2D eigenvalue weighted by Crippen LogP contribution is -2.11. The fourth-order valence-corrected chi connectivity index (χ4v) is 2.51. The molecule has 2 aromatic carbocycles. The quantitative estimate of drug-likeness (QED) is 0.412. The minimum Gasteiger partial charge on any atom is -0.493 e. The number of methoxy groups -OCH3 is 1.